The van der Waals surface area contributed by atoms with Gasteiger partial charge in [0.2, 0.25) is 0 Å². The van der Waals surface area contributed by atoms with Crippen LogP contribution in [0.25, 0.3) is 5.57 Å². The third-order valence-corrected chi connectivity index (χ3v) is 7.79. The van der Waals surface area contributed by atoms with Gasteiger partial charge in [-0.05, 0) is 57.2 Å². The lowest BCUT2D eigenvalue weighted by Crippen LogP contribution is -2.41. The molecule has 3 aromatic rings. The first-order valence-corrected chi connectivity index (χ1v) is 13.3. The number of anilines is 1. The van der Waals surface area contributed by atoms with Gasteiger partial charge in [0.25, 0.3) is 11.5 Å². The number of hydrogen-bond acceptors (Lipinski definition) is 8. The Bertz CT molecular complexity index is 1720. The molecule has 0 saturated heterocycles. The molecule has 1 amide bonds. The Balaban J connectivity index is 1.85. The summed E-state index contributed by atoms with van der Waals surface area (Å²) in [6.45, 7) is 5.20. The minimum absolute atomic E-state index is 0.202. The number of esters is 1. The van der Waals surface area contributed by atoms with Crippen LogP contribution in [-0.2, 0) is 14.3 Å². The smallest absolute Gasteiger partial charge is 0.338 e. The molecule has 9 nitrogen and oxygen atoms in total. The highest BCUT2D eigenvalue weighted by Crippen LogP contribution is 2.38. The number of ether oxygens (including phenoxy) is 3. The number of hydrogen-bond donors (Lipinski definition) is 1. The molecule has 0 unspecified atom stereocenters. The van der Waals surface area contributed by atoms with Crippen molar-refractivity contribution in [3.05, 3.63) is 83.0 Å². The second-order valence-electron chi connectivity index (χ2n) is 8.98. The van der Waals surface area contributed by atoms with E-state index in [-0.39, 0.29) is 27.7 Å². The summed E-state index contributed by atoms with van der Waals surface area (Å²) in [5.74, 6) is -0.00612. The van der Waals surface area contributed by atoms with Crippen LogP contribution in [0.1, 0.15) is 37.9 Å². The van der Waals surface area contributed by atoms with E-state index in [0.717, 1.165) is 15.8 Å². The molecule has 3 heterocycles. The minimum Gasteiger partial charge on any atom is -0.497 e. The van der Waals surface area contributed by atoms with Crippen molar-refractivity contribution in [3.63, 3.8) is 0 Å². The fraction of sp³-hybridized carbons (Fsp3) is 0.259. The van der Waals surface area contributed by atoms with Crippen molar-refractivity contribution in [2.75, 3.05) is 19.5 Å². The first-order valence-electron chi connectivity index (χ1n) is 11.7. The quantitative estimate of drug-likeness (QED) is 0.452. The number of nitrogens with zero attached hydrogens (tertiary/aromatic N) is 2. The summed E-state index contributed by atoms with van der Waals surface area (Å²) in [5.41, 5.74) is 2.16. The van der Waals surface area contributed by atoms with Crippen LogP contribution in [0.4, 0.5) is 5.69 Å². The average Bonchev–Trinajstić information content (AvgIpc) is 3.36. The molecule has 2 aliphatic rings. The normalized spacial score (nSPS) is 17.6. The van der Waals surface area contributed by atoms with E-state index in [0.29, 0.717) is 38.8 Å². The highest BCUT2D eigenvalue weighted by molar-refractivity contribution is 9.10. The molecular formula is C27H24BrN3O6S. The van der Waals surface area contributed by atoms with Gasteiger partial charge in [-0.1, -0.05) is 27.3 Å². The fourth-order valence-corrected chi connectivity index (χ4v) is 6.13. The van der Waals surface area contributed by atoms with E-state index >= 15 is 0 Å². The van der Waals surface area contributed by atoms with Crippen LogP contribution in [0, 0.1) is 0 Å². The largest absolute Gasteiger partial charge is 0.497 e. The Morgan fingerprint density at radius 1 is 1.13 bits per heavy atom. The maximum atomic E-state index is 14.1. The van der Waals surface area contributed by atoms with E-state index in [9.17, 15) is 14.4 Å². The number of rotatable bonds is 5. The number of allylic oxidation sites excluding steroid dienone is 1. The van der Waals surface area contributed by atoms with Gasteiger partial charge in [0.1, 0.15) is 22.1 Å². The molecule has 0 radical (unpaired) electrons. The van der Waals surface area contributed by atoms with Gasteiger partial charge in [-0.3, -0.25) is 14.2 Å². The number of halogens is 1. The summed E-state index contributed by atoms with van der Waals surface area (Å²) in [4.78, 5) is 45.5. The Labute approximate surface area is 230 Å². The third kappa shape index (κ3) is 4.25. The topological polar surface area (TPSA) is 108 Å². The van der Waals surface area contributed by atoms with Crippen molar-refractivity contribution in [1.29, 1.82) is 0 Å². The van der Waals surface area contributed by atoms with Gasteiger partial charge in [0.05, 0.1) is 37.2 Å². The maximum absolute atomic E-state index is 14.1. The van der Waals surface area contributed by atoms with Crippen LogP contribution in [0.15, 0.2) is 61.9 Å². The molecule has 11 heteroatoms. The molecule has 0 aliphatic carbocycles. The molecule has 38 heavy (non-hydrogen) atoms. The maximum Gasteiger partial charge on any atom is 0.338 e. The van der Waals surface area contributed by atoms with E-state index < -0.39 is 17.6 Å². The number of amides is 1. The zero-order valence-corrected chi connectivity index (χ0v) is 23.7. The lowest BCUT2D eigenvalue weighted by atomic mass is 9.94. The molecule has 1 atom stereocenters. The van der Waals surface area contributed by atoms with Gasteiger partial charge in [0.15, 0.2) is 4.80 Å². The van der Waals surface area contributed by atoms with Crippen LogP contribution < -0.4 is 29.7 Å². The zero-order valence-electron chi connectivity index (χ0n) is 21.2. The Morgan fingerprint density at radius 3 is 2.58 bits per heavy atom. The third-order valence-electron chi connectivity index (χ3n) is 6.24. The van der Waals surface area contributed by atoms with Crippen molar-refractivity contribution in [1.82, 2.24) is 4.57 Å². The van der Waals surface area contributed by atoms with E-state index in [2.05, 4.69) is 26.2 Å². The van der Waals surface area contributed by atoms with E-state index in [4.69, 9.17) is 14.2 Å². The number of benzene rings is 2. The Kier molecular flexibility index (Phi) is 6.74. The molecule has 2 aromatic carbocycles. The Morgan fingerprint density at radius 2 is 1.89 bits per heavy atom. The van der Waals surface area contributed by atoms with Crippen LogP contribution in [0.2, 0.25) is 0 Å². The number of aromatic nitrogens is 1. The molecule has 0 spiro atoms. The second kappa shape index (κ2) is 9.88. The predicted octanol–water partition coefficient (Wildman–Crippen LogP) is 3.29. The fourth-order valence-electron chi connectivity index (χ4n) is 4.62. The van der Waals surface area contributed by atoms with E-state index in [1.54, 1.807) is 51.1 Å². The lowest BCUT2D eigenvalue weighted by molar-refractivity contribution is -0.143. The van der Waals surface area contributed by atoms with E-state index in [1.807, 2.05) is 6.07 Å². The summed E-state index contributed by atoms with van der Waals surface area (Å²) in [6, 6.07) is 9.62. The summed E-state index contributed by atoms with van der Waals surface area (Å²) in [5, 5.41) is 2.82. The number of thiazole rings is 1. The SMILES string of the molecule is COc1ccc(OC)c([C@@H]2C(C(=O)OC(C)C)=C(C)N=c3s/c(=C4/C(=O)Nc5ccc(Br)cc54)c(=O)n32)c1. The predicted molar refractivity (Wildman–Crippen MR) is 146 cm³/mol. The van der Waals surface area contributed by atoms with Gasteiger partial charge in [-0.25, -0.2) is 9.79 Å². The molecule has 196 valence electrons. The number of nitrogens with one attached hydrogen (secondary N) is 1. The summed E-state index contributed by atoms with van der Waals surface area (Å²) >= 11 is 4.54. The number of fused-ring (bicyclic) bond motifs is 2. The zero-order chi connectivity index (χ0) is 27.3. The number of carbonyl (C=O) groups is 2. The van der Waals surface area contributed by atoms with Crippen LogP contribution in [0.5, 0.6) is 11.5 Å². The lowest BCUT2D eigenvalue weighted by Gasteiger charge is -2.26. The summed E-state index contributed by atoms with van der Waals surface area (Å²) in [7, 11) is 3.04. The highest BCUT2D eigenvalue weighted by Gasteiger charge is 2.37. The van der Waals surface area contributed by atoms with Crippen molar-refractivity contribution < 1.29 is 23.8 Å². The van der Waals surface area contributed by atoms with Gasteiger partial charge in [-0.2, -0.15) is 0 Å². The van der Waals surface area contributed by atoms with Crippen molar-refractivity contribution in [2.24, 2.45) is 4.99 Å². The first-order chi connectivity index (χ1) is 18.1. The molecule has 0 bridgehead atoms. The second-order valence-corrected chi connectivity index (χ2v) is 10.9. The standard InChI is InChI=1S/C27H24BrN3O6S/c1-12(2)37-26(34)20-13(3)29-27-31(22(20)17-11-15(35-4)7-9-19(17)36-5)25(33)23(38-27)21-16-10-14(28)6-8-18(16)30-24(21)32/h6-12,22H,1-5H3,(H,30,32)/b23-21+/t22-/m1/s1. The van der Waals surface area contributed by atoms with Crippen molar-refractivity contribution >= 4 is 50.4 Å². The molecule has 5 rings (SSSR count). The van der Waals surface area contributed by atoms with Crippen molar-refractivity contribution in [2.45, 2.75) is 32.9 Å². The molecule has 0 saturated carbocycles. The van der Waals surface area contributed by atoms with Gasteiger partial charge in [0, 0.05) is 21.3 Å². The van der Waals surface area contributed by atoms with Gasteiger partial charge >= 0.3 is 5.97 Å². The molecule has 1 N–H and O–H groups in total. The molecule has 0 fully saturated rings. The summed E-state index contributed by atoms with van der Waals surface area (Å²) < 4.78 is 19.1. The average molecular weight is 598 g/mol. The van der Waals surface area contributed by atoms with Gasteiger partial charge < -0.3 is 19.5 Å². The van der Waals surface area contributed by atoms with Crippen LogP contribution >= 0.6 is 27.3 Å². The number of carbonyl (C=O) groups excluding carboxylic acids is 2. The summed E-state index contributed by atoms with van der Waals surface area (Å²) in [6.07, 6.45) is -0.389. The monoisotopic (exact) mass is 597 g/mol. The number of methoxy groups -OCH3 is 2. The minimum atomic E-state index is -0.927. The Hall–Kier alpha value is -3.70. The van der Waals surface area contributed by atoms with Gasteiger partial charge in [-0.15, -0.1) is 0 Å². The van der Waals surface area contributed by atoms with Crippen molar-refractivity contribution in [3.8, 4) is 11.5 Å². The molecule has 2 aliphatic heterocycles. The van der Waals surface area contributed by atoms with Crippen LogP contribution in [0.3, 0.4) is 0 Å². The molecular weight excluding hydrogens is 574 g/mol. The molecule has 1 aromatic heterocycles. The highest BCUT2D eigenvalue weighted by atomic mass is 79.9. The van der Waals surface area contributed by atoms with Crippen LogP contribution in [-0.4, -0.2) is 36.8 Å². The first kappa shape index (κ1) is 25.9. The van der Waals surface area contributed by atoms with E-state index in [1.165, 1.54) is 18.8 Å².